The number of hydrogen-bond acceptors (Lipinski definition) is 4. The Kier molecular flexibility index (Phi) is 6.03. The van der Waals surface area contributed by atoms with E-state index < -0.39 is 0 Å². The summed E-state index contributed by atoms with van der Waals surface area (Å²) in [5, 5.41) is 0. The number of Topliss-reactive ketones (excluding diaryl/α,β-unsaturated/α-hetero) is 2. The minimum atomic E-state index is 0.00460. The molecule has 1 aliphatic heterocycles. The van der Waals surface area contributed by atoms with Gasteiger partial charge in [0.15, 0.2) is 11.6 Å². The number of aromatic nitrogens is 1. The number of ether oxygens (including phenoxy) is 1. The lowest BCUT2D eigenvalue weighted by Crippen LogP contribution is -2.07. The van der Waals surface area contributed by atoms with Crippen molar-refractivity contribution in [1.29, 1.82) is 0 Å². The summed E-state index contributed by atoms with van der Waals surface area (Å²) in [5.41, 5.74) is 4.33. The molecule has 0 fully saturated rings. The van der Waals surface area contributed by atoms with Crippen LogP contribution in [0.2, 0.25) is 0 Å². The number of carbonyl (C=O) groups excluding carboxylic acids is 2. The summed E-state index contributed by atoms with van der Waals surface area (Å²) in [6, 6.07) is 17.7. The van der Waals surface area contributed by atoms with Crippen LogP contribution < -0.4 is 4.74 Å². The fourth-order valence-corrected chi connectivity index (χ4v) is 3.99. The van der Waals surface area contributed by atoms with Gasteiger partial charge < -0.3 is 4.74 Å². The van der Waals surface area contributed by atoms with Gasteiger partial charge in [-0.3, -0.25) is 14.6 Å². The number of fused-ring (bicyclic) bond motifs is 1. The normalized spacial score (nSPS) is 14.8. The molecule has 0 bridgehead atoms. The van der Waals surface area contributed by atoms with E-state index in [1.807, 2.05) is 49.5 Å². The third kappa shape index (κ3) is 4.18. The summed E-state index contributed by atoms with van der Waals surface area (Å²) < 4.78 is 5.95. The zero-order valence-corrected chi connectivity index (χ0v) is 17.1. The van der Waals surface area contributed by atoms with E-state index in [0.717, 1.165) is 29.5 Å². The van der Waals surface area contributed by atoms with Crippen LogP contribution in [0.5, 0.6) is 5.75 Å². The first kappa shape index (κ1) is 20.0. The maximum Gasteiger partial charge on any atom is 0.166 e. The first-order valence-corrected chi connectivity index (χ1v) is 10.5. The van der Waals surface area contributed by atoms with E-state index >= 15 is 0 Å². The Balaban J connectivity index is 1.60. The van der Waals surface area contributed by atoms with E-state index in [-0.39, 0.29) is 17.5 Å². The molecule has 0 spiro atoms. The third-order valence-electron chi connectivity index (χ3n) is 5.62. The van der Waals surface area contributed by atoms with Crippen LogP contribution in [0.15, 0.2) is 67.0 Å². The molecule has 0 radical (unpaired) electrons. The molecule has 1 aromatic heterocycles. The molecule has 0 saturated carbocycles. The number of hydrogen-bond donors (Lipinski definition) is 0. The highest BCUT2D eigenvalue weighted by molar-refractivity contribution is 6.04. The zero-order valence-electron chi connectivity index (χ0n) is 17.1. The summed E-state index contributed by atoms with van der Waals surface area (Å²) in [5.74, 6) is 0.742. The Morgan fingerprint density at radius 2 is 1.90 bits per heavy atom. The third-order valence-corrected chi connectivity index (χ3v) is 5.62. The number of benzene rings is 2. The molecule has 1 atom stereocenters. The standard InChI is InChI=1S/C26H25NO3/c1-2-24(28)22-15-20(25(29)12-6-8-18-9-7-13-27-16-18)14-21-23(17-30-26(21)22)19-10-4-3-5-11-19/h3-5,7,9-11,13-16,23H,2,6,8,12,17H2,1H3. The smallest absolute Gasteiger partial charge is 0.166 e. The van der Waals surface area contributed by atoms with Crippen molar-refractivity contribution in [1.82, 2.24) is 4.98 Å². The quantitative estimate of drug-likeness (QED) is 0.476. The van der Waals surface area contributed by atoms with Crippen LogP contribution in [0, 0.1) is 0 Å². The van der Waals surface area contributed by atoms with Gasteiger partial charge in [0, 0.05) is 42.3 Å². The minimum Gasteiger partial charge on any atom is -0.492 e. The van der Waals surface area contributed by atoms with Crippen molar-refractivity contribution in [3.05, 3.63) is 94.8 Å². The molecule has 3 aromatic rings. The van der Waals surface area contributed by atoms with Crippen LogP contribution in [-0.4, -0.2) is 23.2 Å². The monoisotopic (exact) mass is 399 g/mol. The van der Waals surface area contributed by atoms with Crippen molar-refractivity contribution >= 4 is 11.6 Å². The predicted octanol–water partition coefficient (Wildman–Crippen LogP) is 5.40. The second kappa shape index (κ2) is 9.04. The van der Waals surface area contributed by atoms with E-state index in [4.69, 9.17) is 4.74 Å². The van der Waals surface area contributed by atoms with E-state index in [9.17, 15) is 9.59 Å². The van der Waals surface area contributed by atoms with Gasteiger partial charge in [-0.25, -0.2) is 0 Å². The van der Waals surface area contributed by atoms with Crippen LogP contribution in [-0.2, 0) is 6.42 Å². The first-order chi connectivity index (χ1) is 14.7. The van der Waals surface area contributed by atoms with Gasteiger partial charge in [0.25, 0.3) is 0 Å². The lowest BCUT2D eigenvalue weighted by atomic mass is 9.88. The average molecular weight is 399 g/mol. The minimum absolute atomic E-state index is 0.00460. The van der Waals surface area contributed by atoms with E-state index in [0.29, 0.717) is 36.3 Å². The molecular formula is C26H25NO3. The molecule has 4 rings (SSSR count). The van der Waals surface area contributed by atoms with Crippen LogP contribution in [0.1, 0.15) is 69.5 Å². The van der Waals surface area contributed by atoms with Crippen LogP contribution in [0.4, 0.5) is 0 Å². The van der Waals surface area contributed by atoms with Gasteiger partial charge in [-0.2, -0.15) is 0 Å². The van der Waals surface area contributed by atoms with Crippen molar-refractivity contribution in [3.63, 3.8) is 0 Å². The average Bonchev–Trinajstić information content (AvgIpc) is 3.23. The fraction of sp³-hybridized carbons (Fsp3) is 0.269. The van der Waals surface area contributed by atoms with Crippen LogP contribution in [0.3, 0.4) is 0 Å². The van der Waals surface area contributed by atoms with Gasteiger partial charge in [0.2, 0.25) is 0 Å². The lowest BCUT2D eigenvalue weighted by molar-refractivity contribution is 0.0980. The molecule has 2 aromatic carbocycles. The van der Waals surface area contributed by atoms with E-state index in [1.165, 1.54) is 0 Å². The molecule has 0 aliphatic carbocycles. The Bertz CT molecular complexity index is 1040. The van der Waals surface area contributed by atoms with Crippen molar-refractivity contribution in [2.75, 3.05) is 6.61 Å². The molecule has 30 heavy (non-hydrogen) atoms. The number of rotatable bonds is 8. The van der Waals surface area contributed by atoms with Crippen molar-refractivity contribution in [2.24, 2.45) is 0 Å². The number of nitrogens with zero attached hydrogens (tertiary/aromatic N) is 1. The number of pyridine rings is 1. The topological polar surface area (TPSA) is 56.3 Å². The second-order valence-electron chi connectivity index (χ2n) is 7.63. The molecule has 0 N–H and O–H groups in total. The SMILES string of the molecule is CCC(=O)c1cc(C(=O)CCCc2cccnc2)cc2c1OCC2c1ccccc1. The van der Waals surface area contributed by atoms with E-state index in [2.05, 4.69) is 17.1 Å². The number of carbonyl (C=O) groups is 2. The molecular weight excluding hydrogens is 374 g/mol. The lowest BCUT2D eigenvalue weighted by Gasteiger charge is -2.12. The molecule has 1 unspecified atom stereocenters. The number of aryl methyl sites for hydroxylation is 1. The summed E-state index contributed by atoms with van der Waals surface area (Å²) in [6.45, 7) is 2.32. The molecule has 0 amide bonds. The maximum absolute atomic E-state index is 13.0. The molecule has 4 nitrogen and oxygen atoms in total. The summed E-state index contributed by atoms with van der Waals surface area (Å²) in [4.78, 5) is 29.7. The Labute approximate surface area is 176 Å². The number of ketones is 2. The molecule has 2 heterocycles. The summed E-state index contributed by atoms with van der Waals surface area (Å²) >= 11 is 0. The van der Waals surface area contributed by atoms with Gasteiger partial charge in [-0.05, 0) is 42.2 Å². The Morgan fingerprint density at radius 3 is 2.63 bits per heavy atom. The first-order valence-electron chi connectivity index (χ1n) is 10.5. The van der Waals surface area contributed by atoms with Gasteiger partial charge in [0.1, 0.15) is 5.75 Å². The van der Waals surface area contributed by atoms with Gasteiger partial charge in [0.05, 0.1) is 12.2 Å². The van der Waals surface area contributed by atoms with Gasteiger partial charge in [-0.1, -0.05) is 43.3 Å². The molecule has 152 valence electrons. The maximum atomic E-state index is 13.0. The highest BCUT2D eigenvalue weighted by Crippen LogP contribution is 2.42. The summed E-state index contributed by atoms with van der Waals surface area (Å²) in [6.07, 6.45) is 5.95. The molecule has 0 saturated heterocycles. The van der Waals surface area contributed by atoms with Crippen LogP contribution >= 0.6 is 0 Å². The van der Waals surface area contributed by atoms with E-state index in [1.54, 1.807) is 12.3 Å². The highest BCUT2D eigenvalue weighted by Gasteiger charge is 2.31. The van der Waals surface area contributed by atoms with Crippen molar-refractivity contribution in [3.8, 4) is 5.75 Å². The Hall–Kier alpha value is -3.27. The fourth-order valence-electron chi connectivity index (χ4n) is 3.99. The van der Waals surface area contributed by atoms with Crippen molar-refractivity contribution < 1.29 is 14.3 Å². The highest BCUT2D eigenvalue weighted by atomic mass is 16.5. The second-order valence-corrected chi connectivity index (χ2v) is 7.63. The molecule has 4 heteroatoms. The Morgan fingerprint density at radius 1 is 1.07 bits per heavy atom. The predicted molar refractivity (Wildman–Crippen MR) is 116 cm³/mol. The molecule has 1 aliphatic rings. The summed E-state index contributed by atoms with van der Waals surface area (Å²) in [7, 11) is 0. The zero-order chi connectivity index (χ0) is 20.9. The van der Waals surface area contributed by atoms with Crippen LogP contribution in [0.25, 0.3) is 0 Å². The van der Waals surface area contributed by atoms with Gasteiger partial charge >= 0.3 is 0 Å². The largest absolute Gasteiger partial charge is 0.492 e. The van der Waals surface area contributed by atoms with Gasteiger partial charge in [-0.15, -0.1) is 0 Å². The van der Waals surface area contributed by atoms with Crippen molar-refractivity contribution in [2.45, 2.75) is 38.5 Å².